The summed E-state index contributed by atoms with van der Waals surface area (Å²) in [5.41, 5.74) is 8.21. The zero-order chi connectivity index (χ0) is 21.0. The van der Waals surface area contributed by atoms with Gasteiger partial charge < -0.3 is 10.6 Å². The highest BCUT2D eigenvalue weighted by atomic mass is 16.2. The molecule has 0 aromatic heterocycles. The van der Waals surface area contributed by atoms with Crippen molar-refractivity contribution < 1.29 is 9.59 Å². The number of nitrogens with two attached hydrogens (primary N) is 1. The third-order valence-electron chi connectivity index (χ3n) is 5.87. The number of benzene rings is 2. The van der Waals surface area contributed by atoms with Gasteiger partial charge in [-0.05, 0) is 36.3 Å². The average Bonchev–Trinajstić information content (AvgIpc) is 2.81. The number of likely N-dealkylation sites (tertiary alicyclic amines) is 1. The summed E-state index contributed by atoms with van der Waals surface area (Å²) in [4.78, 5) is 27.8. The number of rotatable bonds is 5. The van der Waals surface area contributed by atoms with Crippen LogP contribution in [0.15, 0.2) is 60.7 Å². The van der Waals surface area contributed by atoms with Crippen LogP contribution in [0.1, 0.15) is 50.7 Å². The van der Waals surface area contributed by atoms with Crippen LogP contribution in [-0.4, -0.2) is 35.2 Å². The predicted molar refractivity (Wildman–Crippen MR) is 117 cm³/mol. The molecule has 154 valence electrons. The van der Waals surface area contributed by atoms with Gasteiger partial charge in [-0.25, -0.2) is 0 Å². The van der Waals surface area contributed by atoms with Gasteiger partial charge in [0, 0.05) is 11.5 Å². The minimum Gasteiger partial charge on any atom is -0.331 e. The first-order valence-electron chi connectivity index (χ1n) is 10.4. The Morgan fingerprint density at radius 2 is 1.59 bits per heavy atom. The Balaban J connectivity index is 1.94. The van der Waals surface area contributed by atoms with Gasteiger partial charge in [0.25, 0.3) is 0 Å². The van der Waals surface area contributed by atoms with E-state index in [9.17, 15) is 9.59 Å². The van der Waals surface area contributed by atoms with Gasteiger partial charge >= 0.3 is 0 Å². The van der Waals surface area contributed by atoms with E-state index in [0.29, 0.717) is 6.42 Å². The lowest BCUT2D eigenvalue weighted by atomic mass is 9.86. The summed E-state index contributed by atoms with van der Waals surface area (Å²) in [6.45, 7) is 5.82. The number of Topliss-reactive ketones (excluding diaryl/α,β-unsaturated/α-hetero) is 1. The molecule has 0 bridgehead atoms. The van der Waals surface area contributed by atoms with Gasteiger partial charge in [-0.2, -0.15) is 0 Å². The molecule has 3 unspecified atom stereocenters. The van der Waals surface area contributed by atoms with Crippen molar-refractivity contribution >= 4 is 11.7 Å². The van der Waals surface area contributed by atoms with Crippen molar-refractivity contribution in [2.45, 2.75) is 58.0 Å². The second kappa shape index (κ2) is 8.91. The Labute approximate surface area is 174 Å². The maximum absolute atomic E-state index is 13.2. The highest BCUT2D eigenvalue weighted by Gasteiger charge is 2.38. The fraction of sp³-hybridized carbons (Fsp3) is 0.440. The molecular weight excluding hydrogens is 360 g/mol. The van der Waals surface area contributed by atoms with Crippen LogP contribution in [-0.2, 0) is 16.0 Å². The van der Waals surface area contributed by atoms with Gasteiger partial charge in [-0.15, -0.1) is 0 Å². The standard InChI is InChI=1S/C25H32N2O2/c1-25(2,3)23(28)17-27-21(14-18-10-6-4-7-11-18)15-20(16-22(26)24(27)29)19-12-8-5-9-13-19/h4-13,20-22H,14-17,26H2,1-3H3. The van der Waals surface area contributed by atoms with E-state index in [4.69, 9.17) is 5.73 Å². The third kappa shape index (κ3) is 5.33. The van der Waals surface area contributed by atoms with E-state index < -0.39 is 11.5 Å². The van der Waals surface area contributed by atoms with E-state index in [0.717, 1.165) is 12.8 Å². The minimum atomic E-state index is -0.589. The summed E-state index contributed by atoms with van der Waals surface area (Å²) in [6, 6.07) is 19.8. The van der Waals surface area contributed by atoms with Crippen molar-refractivity contribution in [3.63, 3.8) is 0 Å². The van der Waals surface area contributed by atoms with Gasteiger partial charge in [-0.3, -0.25) is 9.59 Å². The zero-order valence-electron chi connectivity index (χ0n) is 17.7. The molecule has 1 amide bonds. The second-order valence-corrected chi connectivity index (χ2v) is 9.17. The fourth-order valence-electron chi connectivity index (χ4n) is 4.03. The van der Waals surface area contributed by atoms with Crippen LogP contribution in [0.4, 0.5) is 0 Å². The normalized spacial score (nSPS) is 23.0. The van der Waals surface area contributed by atoms with E-state index in [-0.39, 0.29) is 30.2 Å². The van der Waals surface area contributed by atoms with Crippen LogP contribution in [0.5, 0.6) is 0 Å². The van der Waals surface area contributed by atoms with Crippen LogP contribution >= 0.6 is 0 Å². The largest absolute Gasteiger partial charge is 0.331 e. The van der Waals surface area contributed by atoms with Crippen LogP contribution in [0.3, 0.4) is 0 Å². The number of hydrogen-bond acceptors (Lipinski definition) is 3. The van der Waals surface area contributed by atoms with Gasteiger partial charge in [0.1, 0.15) is 0 Å². The summed E-state index contributed by atoms with van der Waals surface area (Å²) in [6.07, 6.45) is 2.13. The zero-order valence-corrected chi connectivity index (χ0v) is 17.7. The molecule has 3 rings (SSSR count). The molecule has 0 spiro atoms. The van der Waals surface area contributed by atoms with Gasteiger partial charge in [0.05, 0.1) is 12.6 Å². The molecule has 2 aromatic carbocycles. The topological polar surface area (TPSA) is 63.4 Å². The first-order valence-corrected chi connectivity index (χ1v) is 10.4. The van der Waals surface area contributed by atoms with Crippen molar-refractivity contribution in [3.8, 4) is 0 Å². The maximum atomic E-state index is 13.2. The predicted octanol–water partition coefficient (Wildman–Crippen LogP) is 3.95. The summed E-state index contributed by atoms with van der Waals surface area (Å²) in [5.74, 6) is 0.148. The quantitative estimate of drug-likeness (QED) is 0.838. The molecule has 2 N–H and O–H groups in total. The van der Waals surface area contributed by atoms with Gasteiger partial charge in [0.15, 0.2) is 5.78 Å². The molecule has 2 aromatic rings. The molecule has 1 saturated heterocycles. The number of ketones is 1. The molecule has 1 aliphatic heterocycles. The van der Waals surface area contributed by atoms with Crippen molar-refractivity contribution in [3.05, 3.63) is 71.8 Å². The number of nitrogens with zero attached hydrogens (tertiary/aromatic N) is 1. The lowest BCUT2D eigenvalue weighted by Gasteiger charge is -2.33. The molecule has 29 heavy (non-hydrogen) atoms. The Hall–Kier alpha value is -2.46. The Morgan fingerprint density at radius 1 is 1.00 bits per heavy atom. The molecule has 0 radical (unpaired) electrons. The average molecular weight is 393 g/mol. The summed E-state index contributed by atoms with van der Waals surface area (Å²) < 4.78 is 0. The molecule has 1 aliphatic rings. The van der Waals surface area contributed by atoms with Crippen LogP contribution in [0.25, 0.3) is 0 Å². The monoisotopic (exact) mass is 392 g/mol. The van der Waals surface area contributed by atoms with Crippen LogP contribution < -0.4 is 5.73 Å². The van der Waals surface area contributed by atoms with E-state index >= 15 is 0 Å². The first kappa shape index (κ1) is 21.3. The number of carbonyl (C=O) groups is 2. The van der Waals surface area contributed by atoms with Crippen molar-refractivity contribution in [2.24, 2.45) is 11.1 Å². The number of hydrogen-bond donors (Lipinski definition) is 1. The molecule has 0 saturated carbocycles. The molecule has 4 heteroatoms. The first-order chi connectivity index (χ1) is 13.8. The minimum absolute atomic E-state index is 0.0602. The summed E-state index contributed by atoms with van der Waals surface area (Å²) in [5, 5.41) is 0. The Kier molecular flexibility index (Phi) is 6.53. The molecular formula is C25H32N2O2. The third-order valence-corrected chi connectivity index (χ3v) is 5.87. The van der Waals surface area contributed by atoms with Gasteiger partial charge in [-0.1, -0.05) is 81.4 Å². The Bertz CT molecular complexity index is 827. The number of amides is 1. The van der Waals surface area contributed by atoms with E-state index in [1.54, 1.807) is 4.90 Å². The van der Waals surface area contributed by atoms with E-state index in [1.165, 1.54) is 11.1 Å². The molecule has 1 fully saturated rings. The van der Waals surface area contributed by atoms with Crippen LogP contribution in [0.2, 0.25) is 0 Å². The van der Waals surface area contributed by atoms with Crippen molar-refractivity contribution in [1.29, 1.82) is 0 Å². The highest BCUT2D eigenvalue weighted by molar-refractivity contribution is 5.91. The smallest absolute Gasteiger partial charge is 0.240 e. The molecule has 3 atom stereocenters. The lowest BCUT2D eigenvalue weighted by Crippen LogP contribution is -2.50. The molecule has 0 aliphatic carbocycles. The molecule has 4 nitrogen and oxygen atoms in total. The summed E-state index contributed by atoms with van der Waals surface area (Å²) >= 11 is 0. The fourth-order valence-corrected chi connectivity index (χ4v) is 4.03. The van der Waals surface area contributed by atoms with E-state index in [2.05, 4.69) is 24.3 Å². The summed E-state index contributed by atoms with van der Waals surface area (Å²) in [7, 11) is 0. The van der Waals surface area contributed by atoms with Gasteiger partial charge in [0.2, 0.25) is 5.91 Å². The SMILES string of the molecule is CC(C)(C)C(=O)CN1C(=O)C(N)CC(c2ccccc2)CC1Cc1ccccc1. The molecule has 1 heterocycles. The van der Waals surface area contributed by atoms with E-state index in [1.807, 2.05) is 57.2 Å². The van der Waals surface area contributed by atoms with Crippen molar-refractivity contribution in [2.75, 3.05) is 6.54 Å². The highest BCUT2D eigenvalue weighted by Crippen LogP contribution is 2.33. The lowest BCUT2D eigenvalue weighted by molar-refractivity contribution is -0.140. The second-order valence-electron chi connectivity index (χ2n) is 9.17. The maximum Gasteiger partial charge on any atom is 0.240 e. The number of carbonyl (C=O) groups excluding carboxylic acids is 2. The van der Waals surface area contributed by atoms with Crippen LogP contribution in [0, 0.1) is 5.41 Å². The Morgan fingerprint density at radius 3 is 2.17 bits per heavy atom. The van der Waals surface area contributed by atoms with Crippen molar-refractivity contribution in [1.82, 2.24) is 4.90 Å².